The van der Waals surface area contributed by atoms with E-state index in [4.69, 9.17) is 0 Å². The highest BCUT2D eigenvalue weighted by molar-refractivity contribution is 6.00. The first-order valence-electron chi connectivity index (χ1n) is 11.7. The number of carbonyl (C=O) groups excluding carboxylic acids is 1. The minimum absolute atomic E-state index is 0.0285. The molecular weight excluding hydrogens is 440 g/mol. The third-order valence-corrected chi connectivity index (χ3v) is 6.06. The number of nitrogens with zero attached hydrogens (tertiary/aromatic N) is 4. The molecule has 0 spiro atoms. The van der Waals surface area contributed by atoms with Gasteiger partial charge in [0.15, 0.2) is 0 Å². The largest absolute Gasteiger partial charge is 0.346 e. The van der Waals surface area contributed by atoms with Crippen molar-refractivity contribution >= 4 is 22.6 Å². The Labute approximate surface area is 203 Å². The molecule has 0 saturated heterocycles. The topological polar surface area (TPSA) is 95.9 Å². The second-order valence-electron chi connectivity index (χ2n) is 9.29. The van der Waals surface area contributed by atoms with E-state index in [-0.39, 0.29) is 11.5 Å². The van der Waals surface area contributed by atoms with Gasteiger partial charge in [0.2, 0.25) is 5.91 Å². The lowest BCUT2D eigenvalue weighted by Crippen LogP contribution is -2.19. The summed E-state index contributed by atoms with van der Waals surface area (Å²) in [6.45, 7) is 1.46. The maximum Gasteiger partial charge on any atom is 0.250 e. The Balaban J connectivity index is 1.42. The van der Waals surface area contributed by atoms with Crippen LogP contribution in [0.4, 0.5) is 5.69 Å². The van der Waals surface area contributed by atoms with Crippen molar-refractivity contribution in [2.75, 3.05) is 26.0 Å². The number of rotatable bonds is 8. The van der Waals surface area contributed by atoms with Crippen LogP contribution in [0.15, 0.2) is 72.2 Å². The van der Waals surface area contributed by atoms with Crippen molar-refractivity contribution in [3.63, 3.8) is 0 Å². The molecule has 1 saturated carbocycles. The highest BCUT2D eigenvalue weighted by atomic mass is 16.1. The van der Waals surface area contributed by atoms with Crippen molar-refractivity contribution in [1.29, 1.82) is 0 Å². The molecule has 4 aromatic heterocycles. The number of hydrogen-bond acceptors (Lipinski definition) is 5. The molecule has 0 unspecified atom stereocenters. The van der Waals surface area contributed by atoms with Gasteiger partial charge < -0.3 is 19.8 Å². The van der Waals surface area contributed by atoms with E-state index in [9.17, 15) is 9.59 Å². The Morgan fingerprint density at radius 2 is 2.00 bits per heavy atom. The summed E-state index contributed by atoms with van der Waals surface area (Å²) in [5.41, 5.74) is 5.11. The minimum Gasteiger partial charge on any atom is -0.346 e. The Bertz CT molecular complexity index is 1460. The number of anilines is 1. The van der Waals surface area contributed by atoms with Crippen LogP contribution in [0.2, 0.25) is 0 Å². The Kier molecular flexibility index (Phi) is 6.29. The highest BCUT2D eigenvalue weighted by Gasteiger charge is 2.22. The predicted molar refractivity (Wildman–Crippen MR) is 138 cm³/mol. The summed E-state index contributed by atoms with van der Waals surface area (Å²) in [5.74, 6) is 0.413. The summed E-state index contributed by atoms with van der Waals surface area (Å²) in [4.78, 5) is 38.6. The lowest BCUT2D eigenvalue weighted by Gasteiger charge is -2.08. The molecule has 0 aliphatic heterocycles. The molecule has 1 aliphatic carbocycles. The number of carbonyl (C=O) groups is 1. The molecule has 178 valence electrons. The zero-order valence-electron chi connectivity index (χ0n) is 19.9. The van der Waals surface area contributed by atoms with Gasteiger partial charge in [-0.3, -0.25) is 14.6 Å². The number of fused-ring (bicyclic) bond motifs is 1. The van der Waals surface area contributed by atoms with Gasteiger partial charge in [0, 0.05) is 77.7 Å². The van der Waals surface area contributed by atoms with Gasteiger partial charge in [-0.05, 0) is 51.1 Å². The second-order valence-corrected chi connectivity index (χ2v) is 9.29. The van der Waals surface area contributed by atoms with Crippen molar-refractivity contribution in [1.82, 2.24) is 24.4 Å². The van der Waals surface area contributed by atoms with Crippen molar-refractivity contribution in [2.45, 2.75) is 19.4 Å². The number of pyridine rings is 3. The average Bonchev–Trinajstić information content (AvgIpc) is 3.56. The fourth-order valence-corrected chi connectivity index (χ4v) is 4.03. The third-order valence-electron chi connectivity index (χ3n) is 6.06. The fourth-order valence-electron chi connectivity index (χ4n) is 4.03. The predicted octanol–water partition coefficient (Wildman–Crippen LogP) is 3.92. The van der Waals surface area contributed by atoms with Crippen molar-refractivity contribution in [3.05, 3.63) is 77.8 Å². The van der Waals surface area contributed by atoms with E-state index in [2.05, 4.69) is 26.3 Å². The number of nitrogens with one attached hydrogen (secondary N) is 2. The first-order chi connectivity index (χ1) is 17.0. The highest BCUT2D eigenvalue weighted by Crippen LogP contribution is 2.33. The zero-order chi connectivity index (χ0) is 24.4. The van der Waals surface area contributed by atoms with Gasteiger partial charge in [0.1, 0.15) is 5.65 Å². The van der Waals surface area contributed by atoms with Crippen LogP contribution in [0.3, 0.4) is 0 Å². The number of hydrogen-bond donors (Lipinski definition) is 2. The van der Waals surface area contributed by atoms with Gasteiger partial charge in [-0.2, -0.15) is 0 Å². The van der Waals surface area contributed by atoms with Crippen LogP contribution in [0, 0.1) is 5.92 Å². The Morgan fingerprint density at radius 1 is 1.17 bits per heavy atom. The first-order valence-corrected chi connectivity index (χ1v) is 11.7. The maximum absolute atomic E-state index is 12.3. The lowest BCUT2D eigenvalue weighted by atomic mass is 10.0. The van der Waals surface area contributed by atoms with Gasteiger partial charge in [-0.25, -0.2) is 4.98 Å². The molecule has 0 aromatic carbocycles. The van der Waals surface area contributed by atoms with Gasteiger partial charge in [0.05, 0.1) is 11.9 Å². The van der Waals surface area contributed by atoms with Crippen LogP contribution >= 0.6 is 0 Å². The zero-order valence-corrected chi connectivity index (χ0v) is 19.9. The average molecular weight is 469 g/mol. The molecular formula is C27H28N6O2. The van der Waals surface area contributed by atoms with Crippen molar-refractivity contribution in [3.8, 4) is 22.3 Å². The molecule has 2 N–H and O–H groups in total. The molecule has 0 atom stereocenters. The SMILES string of the molecule is CN(C)CC=CC(=O)Nc1cncc(-c2cnc3[nH]cc(-c4ccc(=O)n(CC5CC5)c4)c3c2)c1. The summed E-state index contributed by atoms with van der Waals surface area (Å²) >= 11 is 0. The van der Waals surface area contributed by atoms with E-state index in [0.717, 1.165) is 39.8 Å². The number of H-pyrrole nitrogens is 1. The molecule has 35 heavy (non-hydrogen) atoms. The summed E-state index contributed by atoms with van der Waals surface area (Å²) in [6, 6.07) is 7.44. The van der Waals surface area contributed by atoms with Crippen LogP contribution in [0.1, 0.15) is 12.8 Å². The molecule has 0 bridgehead atoms. The van der Waals surface area contributed by atoms with Gasteiger partial charge in [-0.15, -0.1) is 0 Å². The summed E-state index contributed by atoms with van der Waals surface area (Å²) in [6.07, 6.45) is 14.8. The summed E-state index contributed by atoms with van der Waals surface area (Å²) < 4.78 is 1.81. The van der Waals surface area contributed by atoms with Crippen LogP contribution in [0.5, 0.6) is 0 Å². The third kappa shape index (κ3) is 5.38. The van der Waals surface area contributed by atoms with E-state index in [1.165, 1.54) is 18.9 Å². The van der Waals surface area contributed by atoms with Crippen LogP contribution in [-0.2, 0) is 11.3 Å². The molecule has 5 rings (SSSR count). The molecule has 4 heterocycles. The quantitative estimate of drug-likeness (QED) is 0.382. The molecule has 1 amide bonds. The Hall–Kier alpha value is -4.04. The number of amides is 1. The van der Waals surface area contributed by atoms with E-state index in [1.807, 2.05) is 54.2 Å². The summed E-state index contributed by atoms with van der Waals surface area (Å²) in [7, 11) is 3.89. The first kappa shape index (κ1) is 22.7. The Morgan fingerprint density at radius 3 is 2.80 bits per heavy atom. The van der Waals surface area contributed by atoms with Crippen LogP contribution in [0.25, 0.3) is 33.3 Å². The van der Waals surface area contributed by atoms with Gasteiger partial charge >= 0.3 is 0 Å². The standard InChI is InChI=1S/C27H28N6O2/c1-32(2)9-3-4-25(34)31-22-10-20(12-28-14-22)21-11-23-24(15-30-27(23)29-13-21)19-7-8-26(35)33(17-19)16-18-5-6-18/h3-4,7-8,10-15,17-18H,5-6,9,16H2,1-2H3,(H,29,30)(H,31,34). The normalized spacial score (nSPS) is 13.7. The van der Waals surface area contributed by atoms with Crippen LogP contribution in [-0.4, -0.2) is 51.0 Å². The van der Waals surface area contributed by atoms with Crippen molar-refractivity contribution < 1.29 is 4.79 Å². The van der Waals surface area contributed by atoms with Gasteiger partial charge in [0.25, 0.3) is 5.56 Å². The molecule has 8 heteroatoms. The number of aromatic amines is 1. The number of likely N-dealkylation sites (N-methyl/N-ethyl adjacent to an activating group) is 1. The van der Waals surface area contributed by atoms with E-state index in [0.29, 0.717) is 18.2 Å². The molecule has 1 aliphatic rings. The summed E-state index contributed by atoms with van der Waals surface area (Å²) in [5, 5.41) is 3.82. The van der Waals surface area contributed by atoms with E-state index < -0.39 is 0 Å². The lowest BCUT2D eigenvalue weighted by molar-refractivity contribution is -0.111. The monoisotopic (exact) mass is 468 g/mol. The van der Waals surface area contributed by atoms with E-state index >= 15 is 0 Å². The minimum atomic E-state index is -0.200. The molecule has 4 aromatic rings. The maximum atomic E-state index is 12.3. The fraction of sp³-hybridized carbons (Fsp3) is 0.259. The van der Waals surface area contributed by atoms with Gasteiger partial charge in [-0.1, -0.05) is 6.08 Å². The smallest absolute Gasteiger partial charge is 0.250 e. The molecule has 1 fully saturated rings. The second kappa shape index (κ2) is 9.68. The molecule has 8 nitrogen and oxygen atoms in total. The van der Waals surface area contributed by atoms with E-state index in [1.54, 1.807) is 24.7 Å². The van der Waals surface area contributed by atoms with Crippen LogP contribution < -0.4 is 10.9 Å². The molecule has 0 radical (unpaired) electrons. The number of aromatic nitrogens is 4. The van der Waals surface area contributed by atoms with Crippen molar-refractivity contribution in [2.24, 2.45) is 5.92 Å².